The summed E-state index contributed by atoms with van der Waals surface area (Å²) in [6.45, 7) is 3.00. The van der Waals surface area contributed by atoms with Gasteiger partial charge in [-0.05, 0) is 66.8 Å². The average Bonchev–Trinajstić information content (AvgIpc) is 2.88. The highest BCUT2D eigenvalue weighted by Crippen LogP contribution is 2.30. The number of amides is 1. The third-order valence-electron chi connectivity index (χ3n) is 5.94. The molecule has 4 rings (SSSR count). The van der Waals surface area contributed by atoms with Crippen LogP contribution in [0.4, 0.5) is 11.4 Å². The van der Waals surface area contributed by atoms with Gasteiger partial charge in [0, 0.05) is 30.4 Å². The van der Waals surface area contributed by atoms with E-state index in [0.717, 1.165) is 41.8 Å². The minimum Gasteiger partial charge on any atom is -0.496 e. The molecular formula is C27H28N4O5. The normalized spacial score (nSPS) is 12.8. The highest BCUT2D eigenvalue weighted by molar-refractivity contribution is 5.83. The monoisotopic (exact) mass is 488 g/mol. The molecule has 3 aromatic rings. The highest BCUT2D eigenvalue weighted by Gasteiger charge is 2.18. The Morgan fingerprint density at radius 1 is 1.17 bits per heavy atom. The van der Waals surface area contributed by atoms with Gasteiger partial charge in [0.1, 0.15) is 5.75 Å². The predicted octanol–water partition coefficient (Wildman–Crippen LogP) is 4.39. The summed E-state index contributed by atoms with van der Waals surface area (Å²) in [6, 6.07) is 18.7. The van der Waals surface area contributed by atoms with Gasteiger partial charge in [-0.1, -0.05) is 24.3 Å². The maximum Gasteiger partial charge on any atom is 0.311 e. The molecule has 0 aliphatic carbocycles. The van der Waals surface area contributed by atoms with E-state index in [0.29, 0.717) is 6.54 Å². The summed E-state index contributed by atoms with van der Waals surface area (Å²) in [5.74, 6) is 0.288. The van der Waals surface area contributed by atoms with Crippen LogP contribution < -0.4 is 19.8 Å². The predicted molar refractivity (Wildman–Crippen MR) is 138 cm³/mol. The summed E-state index contributed by atoms with van der Waals surface area (Å²) in [5.41, 5.74) is 7.34. The number of methoxy groups -OCH3 is 1. The molecule has 3 aromatic carbocycles. The van der Waals surface area contributed by atoms with E-state index in [1.165, 1.54) is 23.4 Å². The third-order valence-corrected chi connectivity index (χ3v) is 5.94. The van der Waals surface area contributed by atoms with Gasteiger partial charge in [-0.3, -0.25) is 14.9 Å². The first-order valence-corrected chi connectivity index (χ1v) is 11.6. The first-order valence-electron chi connectivity index (χ1n) is 11.6. The van der Waals surface area contributed by atoms with Crippen LogP contribution in [0.1, 0.15) is 28.7 Å². The van der Waals surface area contributed by atoms with E-state index < -0.39 is 17.4 Å². The molecule has 0 fully saturated rings. The molecule has 1 amide bonds. The maximum atomic E-state index is 12.2. The van der Waals surface area contributed by atoms with Gasteiger partial charge in [0.2, 0.25) is 0 Å². The van der Waals surface area contributed by atoms with Crippen molar-refractivity contribution in [2.75, 3.05) is 25.2 Å². The summed E-state index contributed by atoms with van der Waals surface area (Å²) in [4.78, 5) is 25.2. The van der Waals surface area contributed by atoms with Gasteiger partial charge in [-0.25, -0.2) is 5.43 Å². The Bertz CT molecular complexity index is 1290. The van der Waals surface area contributed by atoms with Crippen molar-refractivity contribution in [2.45, 2.75) is 26.3 Å². The number of carbonyl (C=O) groups excluding carboxylic acids is 1. The van der Waals surface area contributed by atoms with Crippen LogP contribution in [0.25, 0.3) is 0 Å². The second-order valence-corrected chi connectivity index (χ2v) is 8.54. The van der Waals surface area contributed by atoms with E-state index >= 15 is 0 Å². The summed E-state index contributed by atoms with van der Waals surface area (Å²) in [6.07, 6.45) is 3.72. The van der Waals surface area contributed by atoms with Crippen molar-refractivity contribution in [3.8, 4) is 11.5 Å². The smallest absolute Gasteiger partial charge is 0.311 e. The summed E-state index contributed by atoms with van der Waals surface area (Å²) >= 11 is 0. The van der Waals surface area contributed by atoms with Crippen LogP contribution in [0, 0.1) is 17.0 Å². The zero-order chi connectivity index (χ0) is 25.5. The Balaban J connectivity index is 1.39. The fourth-order valence-corrected chi connectivity index (χ4v) is 4.23. The largest absolute Gasteiger partial charge is 0.496 e. The highest BCUT2D eigenvalue weighted by atomic mass is 16.6. The van der Waals surface area contributed by atoms with Crippen molar-refractivity contribution in [3.05, 3.63) is 93.0 Å². The van der Waals surface area contributed by atoms with Gasteiger partial charge < -0.3 is 14.4 Å². The Labute approximate surface area is 209 Å². The molecule has 0 aromatic heterocycles. The average molecular weight is 489 g/mol. The number of anilines is 1. The minimum absolute atomic E-state index is 0.0313. The maximum absolute atomic E-state index is 12.2. The van der Waals surface area contributed by atoms with E-state index in [-0.39, 0.29) is 11.4 Å². The van der Waals surface area contributed by atoms with E-state index in [2.05, 4.69) is 39.7 Å². The molecule has 0 unspecified atom stereocenters. The van der Waals surface area contributed by atoms with Gasteiger partial charge in [-0.2, -0.15) is 5.10 Å². The first-order chi connectivity index (χ1) is 17.4. The number of fused-ring (bicyclic) bond motifs is 1. The fourth-order valence-electron chi connectivity index (χ4n) is 4.23. The van der Waals surface area contributed by atoms with Gasteiger partial charge in [0.15, 0.2) is 12.4 Å². The Morgan fingerprint density at radius 3 is 2.78 bits per heavy atom. The second kappa shape index (κ2) is 11.4. The van der Waals surface area contributed by atoms with Crippen molar-refractivity contribution in [3.63, 3.8) is 0 Å². The zero-order valence-electron chi connectivity index (χ0n) is 20.3. The number of nitrogens with zero attached hydrogens (tertiary/aromatic N) is 3. The molecule has 0 bridgehead atoms. The summed E-state index contributed by atoms with van der Waals surface area (Å²) in [5, 5.41) is 15.2. The van der Waals surface area contributed by atoms with Crippen molar-refractivity contribution < 1.29 is 19.2 Å². The fraction of sp³-hybridized carbons (Fsp3) is 0.259. The number of aryl methyl sites for hydroxylation is 2. The lowest BCUT2D eigenvalue weighted by molar-refractivity contribution is -0.385. The van der Waals surface area contributed by atoms with Crippen molar-refractivity contribution in [2.24, 2.45) is 5.10 Å². The lowest BCUT2D eigenvalue weighted by Gasteiger charge is -2.31. The summed E-state index contributed by atoms with van der Waals surface area (Å²) < 4.78 is 10.9. The zero-order valence-corrected chi connectivity index (χ0v) is 20.3. The number of rotatable bonds is 9. The molecule has 1 aliphatic heterocycles. The lowest BCUT2D eigenvalue weighted by Crippen LogP contribution is -2.29. The van der Waals surface area contributed by atoms with Crippen molar-refractivity contribution >= 4 is 23.5 Å². The molecular weight excluding hydrogens is 460 g/mol. The van der Waals surface area contributed by atoms with Crippen LogP contribution in [0.5, 0.6) is 11.5 Å². The van der Waals surface area contributed by atoms with Gasteiger partial charge >= 0.3 is 5.69 Å². The molecule has 9 nitrogen and oxygen atoms in total. The number of hydrogen-bond donors (Lipinski definition) is 1. The number of nitro groups is 1. The molecule has 0 atom stereocenters. The molecule has 9 heteroatoms. The van der Waals surface area contributed by atoms with Crippen LogP contribution in [0.15, 0.2) is 65.8 Å². The topological polar surface area (TPSA) is 106 Å². The van der Waals surface area contributed by atoms with E-state index in [9.17, 15) is 14.9 Å². The summed E-state index contributed by atoms with van der Waals surface area (Å²) in [7, 11) is 1.65. The number of carbonyl (C=O) groups is 1. The quantitative estimate of drug-likeness (QED) is 0.272. The molecule has 1 aliphatic rings. The number of para-hydroxylation sites is 1. The van der Waals surface area contributed by atoms with Crippen molar-refractivity contribution in [1.82, 2.24) is 5.43 Å². The molecule has 0 radical (unpaired) electrons. The molecule has 1 heterocycles. The standard InChI is InChI=1S/C27H28N4O5/c1-19-9-11-26(24(14-19)31(33)34)36-18-27(32)29-28-16-20-10-12-25(35-2)22(15-20)17-30-13-5-7-21-6-3-4-8-23(21)30/h3-4,6,8-12,14-16H,5,7,13,17-18H2,1-2H3,(H,29,32)/b28-16-. The van der Waals surface area contributed by atoms with Crippen LogP contribution in [0.2, 0.25) is 0 Å². The lowest BCUT2D eigenvalue weighted by atomic mass is 10.0. The van der Waals surface area contributed by atoms with Crippen molar-refractivity contribution in [1.29, 1.82) is 0 Å². The molecule has 0 spiro atoms. The van der Waals surface area contributed by atoms with Gasteiger partial charge in [0.05, 0.1) is 18.2 Å². The van der Waals surface area contributed by atoms with Crippen LogP contribution in [-0.2, 0) is 17.8 Å². The number of hydrogen-bond acceptors (Lipinski definition) is 7. The number of nitro benzene ring substituents is 1. The van der Waals surface area contributed by atoms with E-state index in [1.54, 1.807) is 26.3 Å². The second-order valence-electron chi connectivity index (χ2n) is 8.54. The molecule has 1 N–H and O–H groups in total. The number of benzene rings is 3. The van der Waals surface area contributed by atoms with Crippen LogP contribution in [0.3, 0.4) is 0 Å². The SMILES string of the molecule is COc1ccc(/C=N\NC(=O)COc2ccc(C)cc2[N+](=O)[O-])cc1CN1CCCc2ccccc21. The first kappa shape index (κ1) is 24.7. The molecule has 0 saturated carbocycles. The van der Waals surface area contributed by atoms with E-state index in [1.807, 2.05) is 18.2 Å². The van der Waals surface area contributed by atoms with E-state index in [4.69, 9.17) is 9.47 Å². The Kier molecular flexibility index (Phi) is 7.79. The molecule has 0 saturated heterocycles. The number of nitrogens with one attached hydrogen (secondary N) is 1. The molecule has 36 heavy (non-hydrogen) atoms. The minimum atomic E-state index is -0.540. The number of ether oxygens (including phenoxy) is 2. The molecule has 186 valence electrons. The van der Waals surface area contributed by atoms with Crippen LogP contribution >= 0.6 is 0 Å². The van der Waals surface area contributed by atoms with Crippen LogP contribution in [-0.4, -0.2) is 37.3 Å². The Morgan fingerprint density at radius 2 is 1.97 bits per heavy atom. The Hall–Kier alpha value is -4.40. The van der Waals surface area contributed by atoms with Gasteiger partial charge in [0.25, 0.3) is 5.91 Å². The van der Waals surface area contributed by atoms with Gasteiger partial charge in [-0.15, -0.1) is 0 Å². The third kappa shape index (κ3) is 5.99. The number of hydrazone groups is 1.